The molecule has 0 fully saturated rings. The molecular formula is C8H6F5NO2. The first kappa shape index (κ1) is 12.6. The van der Waals surface area contributed by atoms with E-state index in [1.807, 2.05) is 0 Å². The molecule has 1 rings (SSSR count). The Kier molecular flexibility index (Phi) is 3.63. The summed E-state index contributed by atoms with van der Waals surface area (Å²) in [5.74, 6) is -1.10. The molecule has 0 aliphatic carbocycles. The molecule has 1 aromatic heterocycles. The molecule has 90 valence electrons. The number of aromatic nitrogens is 1. The summed E-state index contributed by atoms with van der Waals surface area (Å²) in [6.45, 7) is -4.28. The Bertz CT molecular complexity index is 366. The Hall–Kier alpha value is -1.44. The zero-order valence-corrected chi connectivity index (χ0v) is 7.63. The number of ether oxygens (including phenoxy) is 1. The highest BCUT2D eigenvalue weighted by atomic mass is 19.4. The van der Waals surface area contributed by atoms with Crippen LogP contribution in [0.1, 0.15) is 11.1 Å². The van der Waals surface area contributed by atoms with Crippen molar-refractivity contribution in [3.05, 3.63) is 23.5 Å². The second-order valence-electron chi connectivity index (χ2n) is 2.71. The van der Waals surface area contributed by atoms with Crippen molar-refractivity contribution in [2.24, 2.45) is 0 Å². The van der Waals surface area contributed by atoms with Gasteiger partial charge in [0.1, 0.15) is 11.3 Å². The minimum absolute atomic E-state index is 0.358. The number of hydrogen-bond acceptors (Lipinski definition) is 3. The molecule has 1 aromatic rings. The van der Waals surface area contributed by atoms with Gasteiger partial charge in [-0.1, -0.05) is 0 Å². The highest BCUT2D eigenvalue weighted by Crippen LogP contribution is 2.38. The first-order chi connectivity index (χ1) is 7.36. The van der Waals surface area contributed by atoms with Gasteiger partial charge in [0.05, 0.1) is 6.61 Å². The maximum absolute atomic E-state index is 12.4. The molecule has 0 atom stereocenters. The first-order valence-electron chi connectivity index (χ1n) is 3.96. The quantitative estimate of drug-likeness (QED) is 0.827. The van der Waals surface area contributed by atoms with Gasteiger partial charge in [-0.05, 0) is 0 Å². The van der Waals surface area contributed by atoms with Gasteiger partial charge in [0.15, 0.2) is 0 Å². The summed E-state index contributed by atoms with van der Waals surface area (Å²) in [5.41, 5.74) is -1.89. The maximum atomic E-state index is 12.4. The number of nitrogens with zero attached hydrogens (tertiary/aromatic N) is 1. The third kappa shape index (κ3) is 2.78. The van der Waals surface area contributed by atoms with Crippen molar-refractivity contribution < 1.29 is 31.8 Å². The number of aliphatic hydroxyl groups excluding tert-OH is 1. The lowest BCUT2D eigenvalue weighted by atomic mass is 10.2. The van der Waals surface area contributed by atoms with E-state index < -0.39 is 36.3 Å². The lowest BCUT2D eigenvalue weighted by Gasteiger charge is -2.15. The Morgan fingerprint density at radius 3 is 2.38 bits per heavy atom. The number of hydrogen-bond donors (Lipinski definition) is 1. The molecule has 0 aliphatic heterocycles. The van der Waals surface area contributed by atoms with Crippen molar-refractivity contribution in [1.82, 2.24) is 4.98 Å². The number of halogens is 5. The van der Waals surface area contributed by atoms with Gasteiger partial charge in [-0.2, -0.15) is 22.0 Å². The molecule has 1 N–H and O–H groups in total. The van der Waals surface area contributed by atoms with E-state index in [0.29, 0.717) is 6.20 Å². The Morgan fingerprint density at radius 2 is 1.94 bits per heavy atom. The average Bonchev–Trinajstić information content (AvgIpc) is 2.15. The molecule has 1 heterocycles. The van der Waals surface area contributed by atoms with E-state index in [9.17, 15) is 22.0 Å². The zero-order valence-electron chi connectivity index (χ0n) is 7.63. The van der Waals surface area contributed by atoms with E-state index in [4.69, 9.17) is 5.11 Å². The van der Waals surface area contributed by atoms with E-state index in [1.165, 1.54) is 0 Å². The van der Waals surface area contributed by atoms with Gasteiger partial charge in [0.2, 0.25) is 0 Å². The van der Waals surface area contributed by atoms with E-state index in [0.717, 1.165) is 6.20 Å². The summed E-state index contributed by atoms with van der Waals surface area (Å²) in [4.78, 5) is 3.18. The predicted octanol–water partition coefficient (Wildman–Crippen LogP) is 2.19. The third-order valence-corrected chi connectivity index (χ3v) is 1.65. The summed E-state index contributed by atoms with van der Waals surface area (Å²) >= 11 is 0. The van der Waals surface area contributed by atoms with Gasteiger partial charge >= 0.3 is 12.8 Å². The molecular weight excluding hydrogens is 237 g/mol. The van der Waals surface area contributed by atoms with Crippen LogP contribution in [0.2, 0.25) is 0 Å². The van der Waals surface area contributed by atoms with Crippen LogP contribution in [0, 0.1) is 0 Å². The Morgan fingerprint density at radius 1 is 1.31 bits per heavy atom. The van der Waals surface area contributed by atoms with Gasteiger partial charge in [0.25, 0.3) is 0 Å². The fraction of sp³-hybridized carbons (Fsp3) is 0.375. The van der Waals surface area contributed by atoms with Crippen molar-refractivity contribution in [2.45, 2.75) is 19.4 Å². The predicted molar refractivity (Wildman–Crippen MR) is 41.8 cm³/mol. The van der Waals surface area contributed by atoms with Crippen LogP contribution < -0.4 is 4.74 Å². The van der Waals surface area contributed by atoms with Crippen molar-refractivity contribution in [3.8, 4) is 5.75 Å². The Balaban J connectivity index is 3.26. The van der Waals surface area contributed by atoms with Crippen LogP contribution in [0.5, 0.6) is 5.75 Å². The summed E-state index contributed by atoms with van der Waals surface area (Å²) < 4.78 is 64.7. The van der Waals surface area contributed by atoms with Gasteiger partial charge in [-0.15, -0.1) is 0 Å². The van der Waals surface area contributed by atoms with E-state index in [2.05, 4.69) is 9.72 Å². The van der Waals surface area contributed by atoms with Crippen LogP contribution in [0.15, 0.2) is 12.4 Å². The lowest BCUT2D eigenvalue weighted by molar-refractivity contribution is -0.142. The van der Waals surface area contributed by atoms with Crippen LogP contribution >= 0.6 is 0 Å². The third-order valence-electron chi connectivity index (χ3n) is 1.65. The number of pyridine rings is 1. The van der Waals surface area contributed by atoms with Gasteiger partial charge in [-0.25, -0.2) is 0 Å². The summed E-state index contributed by atoms with van der Waals surface area (Å²) in [7, 11) is 0. The number of rotatable bonds is 3. The Labute approximate surface area is 86.5 Å². The van der Waals surface area contributed by atoms with Crippen LogP contribution in [-0.4, -0.2) is 16.7 Å². The molecule has 3 nitrogen and oxygen atoms in total. The van der Waals surface area contributed by atoms with Crippen molar-refractivity contribution in [3.63, 3.8) is 0 Å². The largest absolute Gasteiger partial charge is 0.434 e. The fourth-order valence-electron chi connectivity index (χ4n) is 1.03. The highest BCUT2D eigenvalue weighted by molar-refractivity contribution is 5.40. The number of aliphatic hydroxyl groups is 1. The molecule has 0 saturated heterocycles. The summed E-state index contributed by atoms with van der Waals surface area (Å²) in [6, 6.07) is 0. The summed E-state index contributed by atoms with van der Waals surface area (Å²) in [5, 5.41) is 8.69. The molecule has 0 radical (unpaired) electrons. The molecule has 0 unspecified atom stereocenters. The van der Waals surface area contributed by atoms with E-state index in [1.54, 1.807) is 0 Å². The molecule has 0 bridgehead atoms. The summed E-state index contributed by atoms with van der Waals surface area (Å²) in [6.07, 6.45) is -3.69. The highest BCUT2D eigenvalue weighted by Gasteiger charge is 2.36. The minimum Gasteiger partial charge on any atom is -0.434 e. The van der Waals surface area contributed by atoms with Gasteiger partial charge < -0.3 is 9.84 Å². The van der Waals surface area contributed by atoms with Crippen LogP contribution in [0.3, 0.4) is 0 Å². The molecule has 0 amide bonds. The molecule has 0 saturated carbocycles. The minimum atomic E-state index is -4.87. The van der Waals surface area contributed by atoms with E-state index >= 15 is 0 Å². The zero-order chi connectivity index (χ0) is 12.3. The molecule has 0 spiro atoms. The van der Waals surface area contributed by atoms with Crippen LogP contribution in [0.25, 0.3) is 0 Å². The van der Waals surface area contributed by atoms with Crippen LogP contribution in [-0.2, 0) is 12.8 Å². The van der Waals surface area contributed by atoms with Gasteiger partial charge in [0, 0.05) is 18.0 Å². The van der Waals surface area contributed by atoms with Crippen molar-refractivity contribution in [1.29, 1.82) is 0 Å². The van der Waals surface area contributed by atoms with Crippen LogP contribution in [0.4, 0.5) is 22.0 Å². The maximum Gasteiger partial charge on any atom is 0.421 e. The van der Waals surface area contributed by atoms with Gasteiger partial charge in [-0.3, -0.25) is 4.98 Å². The number of alkyl halides is 5. The monoisotopic (exact) mass is 243 g/mol. The van der Waals surface area contributed by atoms with Crippen molar-refractivity contribution in [2.75, 3.05) is 0 Å². The SMILES string of the molecule is OCc1cncc(C(F)(F)F)c1OC(F)F. The fourth-order valence-corrected chi connectivity index (χ4v) is 1.03. The molecule has 0 aliphatic rings. The van der Waals surface area contributed by atoms with Crippen molar-refractivity contribution >= 4 is 0 Å². The smallest absolute Gasteiger partial charge is 0.421 e. The average molecular weight is 243 g/mol. The molecule has 0 aromatic carbocycles. The molecule has 8 heteroatoms. The standard InChI is InChI=1S/C8H6F5NO2/c9-7(10)16-6-4(3-15)1-14-2-5(6)8(11,12)13/h1-2,7,15H,3H2. The lowest BCUT2D eigenvalue weighted by Crippen LogP contribution is -2.14. The van der Waals surface area contributed by atoms with E-state index in [-0.39, 0.29) is 0 Å². The normalized spacial score (nSPS) is 11.9. The topological polar surface area (TPSA) is 42.4 Å². The molecule has 16 heavy (non-hydrogen) atoms. The first-order valence-corrected chi connectivity index (χ1v) is 3.96. The second kappa shape index (κ2) is 4.60. The second-order valence-corrected chi connectivity index (χ2v) is 2.71.